The van der Waals surface area contributed by atoms with Crippen LogP contribution in [0.2, 0.25) is 0 Å². The summed E-state index contributed by atoms with van der Waals surface area (Å²) in [7, 11) is -4.14. The number of ether oxygens (including phenoxy) is 1. The average Bonchev–Trinajstić information content (AvgIpc) is 2.86. The summed E-state index contributed by atoms with van der Waals surface area (Å²) >= 11 is 0. The molecule has 0 aliphatic rings. The molecule has 0 fully saturated rings. The number of nitrogens with one attached hydrogen (secondary N) is 1. The molecule has 2 aromatic rings. The maximum Gasteiger partial charge on any atom is 0.407 e. The van der Waals surface area contributed by atoms with Crippen molar-refractivity contribution in [1.29, 1.82) is 0 Å². The van der Waals surface area contributed by atoms with E-state index in [4.69, 9.17) is 9.84 Å². The zero-order valence-electron chi connectivity index (χ0n) is 21.2. The topological polar surface area (TPSA) is 176 Å². The number of nitro groups is 1. The average molecular weight is 552 g/mol. The maximum atomic E-state index is 13.4. The van der Waals surface area contributed by atoms with Gasteiger partial charge < -0.3 is 20.3 Å². The number of hydrogen-bond acceptors (Lipinski definition) is 8. The molecule has 0 aromatic heterocycles. The second-order valence-corrected chi connectivity index (χ2v) is 11.0. The number of non-ortho nitro benzene ring substituents is 1. The fourth-order valence-electron chi connectivity index (χ4n) is 3.64. The van der Waals surface area contributed by atoms with E-state index in [0.717, 1.165) is 34.1 Å². The van der Waals surface area contributed by atoms with Gasteiger partial charge in [-0.05, 0) is 36.5 Å². The molecule has 0 radical (unpaired) electrons. The molecule has 0 saturated carbocycles. The van der Waals surface area contributed by atoms with E-state index < -0.39 is 39.2 Å². The SMILES string of the molecule is CC(C)CN(C[C@@H](O)[C@H](Cc1ccccc1)NC(=O)OCCCC(=O)O)S(=O)(=O)c1ccc([N+](=O)[O-])cc1. The molecule has 0 spiro atoms. The number of aliphatic carboxylic acids is 1. The summed E-state index contributed by atoms with van der Waals surface area (Å²) in [5, 5.41) is 33.4. The summed E-state index contributed by atoms with van der Waals surface area (Å²) in [6.07, 6.45) is -2.12. The largest absolute Gasteiger partial charge is 0.481 e. The first kappa shape index (κ1) is 30.7. The molecule has 2 atom stereocenters. The third-order valence-electron chi connectivity index (χ3n) is 5.48. The van der Waals surface area contributed by atoms with Crippen molar-refractivity contribution in [3.63, 3.8) is 0 Å². The Balaban J connectivity index is 2.24. The highest BCUT2D eigenvalue weighted by Crippen LogP contribution is 2.22. The Bertz CT molecular complexity index is 1170. The fraction of sp³-hybridized carbons (Fsp3) is 0.440. The molecule has 0 bridgehead atoms. The Morgan fingerprint density at radius 3 is 2.26 bits per heavy atom. The number of alkyl carbamates (subject to hydrolysis) is 1. The number of carboxylic acid groups (broad SMARTS) is 1. The molecule has 13 heteroatoms. The van der Waals surface area contributed by atoms with Gasteiger partial charge in [-0.1, -0.05) is 44.2 Å². The van der Waals surface area contributed by atoms with E-state index in [0.29, 0.717) is 0 Å². The van der Waals surface area contributed by atoms with E-state index in [1.54, 1.807) is 44.2 Å². The molecule has 1 amide bonds. The number of aliphatic hydroxyl groups is 1. The first-order chi connectivity index (χ1) is 17.9. The number of sulfonamides is 1. The minimum absolute atomic E-state index is 0.0497. The zero-order valence-corrected chi connectivity index (χ0v) is 22.0. The van der Waals surface area contributed by atoms with Crippen molar-refractivity contribution in [2.24, 2.45) is 5.92 Å². The van der Waals surface area contributed by atoms with Crippen LogP contribution in [0.5, 0.6) is 0 Å². The minimum atomic E-state index is -4.14. The van der Waals surface area contributed by atoms with Crippen molar-refractivity contribution < 1.29 is 37.9 Å². The van der Waals surface area contributed by atoms with Gasteiger partial charge in [0.05, 0.1) is 28.6 Å². The van der Waals surface area contributed by atoms with Gasteiger partial charge in [-0.15, -0.1) is 0 Å². The second-order valence-electron chi connectivity index (χ2n) is 9.11. The third kappa shape index (κ3) is 9.72. The van der Waals surface area contributed by atoms with Gasteiger partial charge in [0.25, 0.3) is 5.69 Å². The number of hydrogen-bond donors (Lipinski definition) is 3. The van der Waals surface area contributed by atoms with E-state index in [-0.39, 0.29) is 55.5 Å². The number of benzene rings is 2. The lowest BCUT2D eigenvalue weighted by molar-refractivity contribution is -0.384. The Morgan fingerprint density at radius 2 is 1.71 bits per heavy atom. The summed E-state index contributed by atoms with van der Waals surface area (Å²) in [5.41, 5.74) is 0.518. The predicted octanol–water partition coefficient (Wildman–Crippen LogP) is 2.80. The molecule has 38 heavy (non-hydrogen) atoms. The number of rotatable bonds is 15. The molecular weight excluding hydrogens is 518 g/mol. The molecule has 0 unspecified atom stereocenters. The summed E-state index contributed by atoms with van der Waals surface area (Å²) in [6, 6.07) is 12.5. The standard InChI is InChI=1S/C25H33N3O9S/c1-18(2)16-27(38(35,36)21-12-10-20(11-13-21)28(33)34)17-23(29)22(15-19-7-4-3-5-8-19)26-25(32)37-14-6-9-24(30)31/h3-5,7-8,10-13,18,22-23,29H,6,9,14-17H2,1-2H3,(H,26,32)(H,30,31)/t22-,23+/m0/s1. The molecule has 12 nitrogen and oxygen atoms in total. The number of amides is 1. The molecule has 3 N–H and O–H groups in total. The van der Waals surface area contributed by atoms with Crippen LogP contribution in [-0.2, 0) is 26.0 Å². The van der Waals surface area contributed by atoms with Gasteiger partial charge in [0.1, 0.15) is 0 Å². The third-order valence-corrected chi connectivity index (χ3v) is 7.32. The first-order valence-electron chi connectivity index (χ1n) is 12.0. The van der Waals surface area contributed by atoms with Crippen LogP contribution in [-0.4, -0.2) is 71.8 Å². The van der Waals surface area contributed by atoms with Crippen LogP contribution in [0.25, 0.3) is 0 Å². The van der Waals surface area contributed by atoms with Gasteiger partial charge in [0.15, 0.2) is 0 Å². The quantitative estimate of drug-likeness (QED) is 0.171. The summed E-state index contributed by atoms with van der Waals surface area (Å²) in [5.74, 6) is -1.14. The highest BCUT2D eigenvalue weighted by molar-refractivity contribution is 7.89. The molecule has 0 heterocycles. The van der Waals surface area contributed by atoms with Gasteiger partial charge in [-0.25, -0.2) is 13.2 Å². The van der Waals surface area contributed by atoms with Crippen LogP contribution in [0, 0.1) is 16.0 Å². The number of aliphatic hydroxyl groups excluding tert-OH is 1. The molecule has 2 aromatic carbocycles. The second kappa shape index (κ2) is 14.4. The van der Waals surface area contributed by atoms with Crippen molar-refractivity contribution >= 4 is 27.8 Å². The summed E-state index contributed by atoms with van der Waals surface area (Å²) in [6.45, 7) is 3.15. The number of nitro benzene ring substituents is 1. The lowest BCUT2D eigenvalue weighted by Crippen LogP contribution is -2.51. The van der Waals surface area contributed by atoms with E-state index in [1.165, 1.54) is 0 Å². The Labute approximate surface area is 221 Å². The van der Waals surface area contributed by atoms with Gasteiger partial charge in [-0.3, -0.25) is 14.9 Å². The monoisotopic (exact) mass is 551 g/mol. The highest BCUT2D eigenvalue weighted by Gasteiger charge is 2.32. The van der Waals surface area contributed by atoms with Crippen LogP contribution in [0.4, 0.5) is 10.5 Å². The lowest BCUT2D eigenvalue weighted by atomic mass is 10.0. The lowest BCUT2D eigenvalue weighted by Gasteiger charge is -2.30. The fourth-order valence-corrected chi connectivity index (χ4v) is 5.26. The van der Waals surface area contributed by atoms with Crippen molar-refractivity contribution in [3.05, 3.63) is 70.3 Å². The van der Waals surface area contributed by atoms with E-state index in [9.17, 15) is 33.2 Å². The Kier molecular flexibility index (Phi) is 11.6. The van der Waals surface area contributed by atoms with Crippen LogP contribution in [0.1, 0.15) is 32.3 Å². The van der Waals surface area contributed by atoms with Crippen LogP contribution in [0.15, 0.2) is 59.5 Å². The normalized spacial score (nSPS) is 13.2. The van der Waals surface area contributed by atoms with Gasteiger partial charge >= 0.3 is 12.1 Å². The molecule has 208 valence electrons. The van der Waals surface area contributed by atoms with Crippen molar-refractivity contribution in [2.45, 2.75) is 50.2 Å². The van der Waals surface area contributed by atoms with Crippen LogP contribution < -0.4 is 5.32 Å². The molecular formula is C25H33N3O9S. The van der Waals surface area contributed by atoms with Crippen molar-refractivity contribution in [2.75, 3.05) is 19.7 Å². The number of nitrogens with zero attached hydrogens (tertiary/aromatic N) is 2. The van der Waals surface area contributed by atoms with Crippen molar-refractivity contribution in [1.82, 2.24) is 9.62 Å². The molecule has 0 saturated heterocycles. The van der Waals surface area contributed by atoms with E-state index in [2.05, 4.69) is 5.32 Å². The van der Waals surface area contributed by atoms with Crippen LogP contribution >= 0.6 is 0 Å². The van der Waals surface area contributed by atoms with Gasteiger partial charge in [0.2, 0.25) is 10.0 Å². The summed E-state index contributed by atoms with van der Waals surface area (Å²) in [4.78, 5) is 33.2. The molecule has 2 rings (SSSR count). The number of carbonyl (C=O) groups is 2. The van der Waals surface area contributed by atoms with E-state index in [1.807, 2.05) is 0 Å². The smallest absolute Gasteiger partial charge is 0.407 e. The summed E-state index contributed by atoms with van der Waals surface area (Å²) < 4.78 is 32.9. The van der Waals surface area contributed by atoms with Gasteiger partial charge in [-0.2, -0.15) is 4.31 Å². The minimum Gasteiger partial charge on any atom is -0.481 e. The predicted molar refractivity (Wildman–Crippen MR) is 138 cm³/mol. The number of carboxylic acids is 1. The van der Waals surface area contributed by atoms with Gasteiger partial charge in [0, 0.05) is 31.6 Å². The zero-order chi connectivity index (χ0) is 28.3. The highest BCUT2D eigenvalue weighted by atomic mass is 32.2. The number of carbonyl (C=O) groups excluding carboxylic acids is 1. The maximum absolute atomic E-state index is 13.4. The first-order valence-corrected chi connectivity index (χ1v) is 13.5. The Hall–Kier alpha value is -3.55. The van der Waals surface area contributed by atoms with Crippen LogP contribution in [0.3, 0.4) is 0 Å². The van der Waals surface area contributed by atoms with E-state index >= 15 is 0 Å². The molecule has 0 aliphatic carbocycles. The molecule has 0 aliphatic heterocycles. The van der Waals surface area contributed by atoms with Crippen molar-refractivity contribution in [3.8, 4) is 0 Å². The Morgan fingerprint density at radius 1 is 1.08 bits per heavy atom.